The van der Waals surface area contributed by atoms with Crippen molar-refractivity contribution >= 4 is 23.9 Å². The Morgan fingerprint density at radius 3 is 2.14 bits per heavy atom. The van der Waals surface area contributed by atoms with Gasteiger partial charge in [-0.2, -0.15) is 0 Å². The molecule has 3 amide bonds. The van der Waals surface area contributed by atoms with Crippen molar-refractivity contribution in [3.8, 4) is 5.75 Å². The van der Waals surface area contributed by atoms with Gasteiger partial charge in [0.15, 0.2) is 0 Å². The lowest BCUT2D eigenvalue weighted by Crippen LogP contribution is -2.51. The van der Waals surface area contributed by atoms with Crippen LogP contribution in [0.3, 0.4) is 0 Å². The summed E-state index contributed by atoms with van der Waals surface area (Å²) in [5.74, 6) is -1.12. The zero-order valence-corrected chi connectivity index (χ0v) is 21.0. The van der Waals surface area contributed by atoms with Crippen LogP contribution in [-0.4, -0.2) is 55.7 Å². The lowest BCUT2D eigenvalue weighted by atomic mass is 10.1. The summed E-state index contributed by atoms with van der Waals surface area (Å²) in [5.41, 5.74) is 1.04. The van der Waals surface area contributed by atoms with E-state index in [0.717, 1.165) is 11.1 Å². The van der Waals surface area contributed by atoms with Crippen LogP contribution >= 0.6 is 0 Å². The quantitative estimate of drug-likeness (QED) is 0.404. The van der Waals surface area contributed by atoms with Gasteiger partial charge < -0.3 is 30.2 Å². The number of carbonyl (C=O) groups is 4. The number of rotatable bonds is 11. The summed E-state index contributed by atoms with van der Waals surface area (Å²) in [6.45, 7) is 4.85. The van der Waals surface area contributed by atoms with Gasteiger partial charge in [-0.05, 0) is 44.0 Å². The highest BCUT2D eigenvalue weighted by Gasteiger charge is 2.25. The normalized spacial score (nSPS) is 11.6. The van der Waals surface area contributed by atoms with Crippen LogP contribution in [-0.2, 0) is 36.9 Å². The Morgan fingerprint density at radius 2 is 1.53 bits per heavy atom. The van der Waals surface area contributed by atoms with Crippen LogP contribution in [0.2, 0.25) is 0 Å². The molecule has 10 nitrogen and oxygen atoms in total. The fourth-order valence-corrected chi connectivity index (χ4v) is 2.95. The lowest BCUT2D eigenvalue weighted by Gasteiger charge is -2.23. The summed E-state index contributed by atoms with van der Waals surface area (Å²) in [5, 5.41) is 7.35. The van der Waals surface area contributed by atoms with E-state index in [-0.39, 0.29) is 19.5 Å². The van der Waals surface area contributed by atoms with Gasteiger partial charge in [0.1, 0.15) is 30.5 Å². The molecular weight excluding hydrogens is 466 g/mol. The molecule has 0 aromatic heterocycles. The summed E-state index contributed by atoms with van der Waals surface area (Å²) in [4.78, 5) is 48.2. The minimum atomic E-state index is -1.01. The van der Waals surface area contributed by atoms with Crippen molar-refractivity contribution in [2.24, 2.45) is 0 Å². The first-order valence-corrected chi connectivity index (χ1v) is 11.4. The Labute approximate surface area is 210 Å². The molecule has 0 saturated carbocycles. The van der Waals surface area contributed by atoms with Crippen molar-refractivity contribution in [3.05, 3.63) is 65.7 Å². The molecule has 0 aliphatic heterocycles. The van der Waals surface area contributed by atoms with Gasteiger partial charge >= 0.3 is 12.1 Å². The Kier molecular flexibility index (Phi) is 10.7. The van der Waals surface area contributed by atoms with Gasteiger partial charge in [-0.15, -0.1) is 0 Å². The molecule has 1 atom stereocenters. The Morgan fingerprint density at radius 1 is 0.861 bits per heavy atom. The summed E-state index contributed by atoms with van der Waals surface area (Å²) in [7, 11) is 1.20. The van der Waals surface area contributed by atoms with Crippen LogP contribution in [0.4, 0.5) is 4.79 Å². The van der Waals surface area contributed by atoms with Crippen molar-refractivity contribution in [2.75, 3.05) is 20.2 Å². The van der Waals surface area contributed by atoms with Crippen molar-refractivity contribution in [1.82, 2.24) is 16.0 Å². The number of benzene rings is 2. The van der Waals surface area contributed by atoms with Crippen LogP contribution < -0.4 is 20.7 Å². The van der Waals surface area contributed by atoms with Gasteiger partial charge in [-0.25, -0.2) is 4.79 Å². The number of alkyl carbamates (subject to hydrolysis) is 1. The maximum Gasteiger partial charge on any atom is 0.408 e. The van der Waals surface area contributed by atoms with Crippen molar-refractivity contribution in [3.63, 3.8) is 0 Å². The second-order valence-corrected chi connectivity index (χ2v) is 8.89. The number of methoxy groups -OCH3 is 1. The van der Waals surface area contributed by atoms with E-state index in [0.29, 0.717) is 12.4 Å². The molecule has 2 aromatic rings. The van der Waals surface area contributed by atoms with Gasteiger partial charge in [0, 0.05) is 6.42 Å². The zero-order valence-electron chi connectivity index (χ0n) is 21.0. The average molecular weight is 500 g/mol. The molecule has 0 saturated heterocycles. The average Bonchev–Trinajstić information content (AvgIpc) is 2.84. The predicted molar refractivity (Wildman–Crippen MR) is 132 cm³/mol. The van der Waals surface area contributed by atoms with Crippen LogP contribution in [0.1, 0.15) is 31.9 Å². The van der Waals surface area contributed by atoms with Gasteiger partial charge in [-0.1, -0.05) is 42.5 Å². The van der Waals surface area contributed by atoms with Gasteiger partial charge in [0.2, 0.25) is 11.8 Å². The minimum Gasteiger partial charge on any atom is -0.489 e. The Balaban J connectivity index is 1.99. The van der Waals surface area contributed by atoms with E-state index in [2.05, 4.69) is 20.7 Å². The molecule has 0 fully saturated rings. The van der Waals surface area contributed by atoms with Gasteiger partial charge in [0.05, 0.1) is 13.7 Å². The van der Waals surface area contributed by atoms with Crippen molar-refractivity contribution in [2.45, 2.75) is 45.4 Å². The maximum absolute atomic E-state index is 12.8. The van der Waals surface area contributed by atoms with Crippen molar-refractivity contribution in [1.29, 1.82) is 0 Å². The predicted octanol–water partition coefficient (Wildman–Crippen LogP) is 2.11. The lowest BCUT2D eigenvalue weighted by molar-refractivity contribution is -0.141. The first-order valence-electron chi connectivity index (χ1n) is 11.4. The number of ether oxygens (including phenoxy) is 3. The molecule has 2 aromatic carbocycles. The highest BCUT2D eigenvalue weighted by molar-refractivity contribution is 5.90. The molecule has 0 radical (unpaired) electrons. The molecular formula is C26H33N3O7. The third kappa shape index (κ3) is 10.9. The molecule has 0 aliphatic rings. The number of nitrogens with one attached hydrogen (secondary N) is 3. The van der Waals surface area contributed by atoms with Crippen LogP contribution in [0.5, 0.6) is 5.75 Å². The first kappa shape index (κ1) is 28.2. The first-order chi connectivity index (χ1) is 17.1. The summed E-state index contributed by atoms with van der Waals surface area (Å²) in [6.07, 6.45) is -0.617. The van der Waals surface area contributed by atoms with Gasteiger partial charge in [0.25, 0.3) is 0 Å². The number of carbonyl (C=O) groups excluding carboxylic acids is 4. The van der Waals surface area contributed by atoms with Crippen LogP contribution in [0.15, 0.2) is 54.6 Å². The third-order valence-corrected chi connectivity index (χ3v) is 4.70. The molecule has 194 valence electrons. The molecule has 3 N–H and O–H groups in total. The zero-order chi connectivity index (χ0) is 26.6. The fraction of sp³-hybridized carbons (Fsp3) is 0.385. The number of hydrogen-bond donors (Lipinski definition) is 3. The Bertz CT molecular complexity index is 1020. The molecule has 10 heteroatoms. The van der Waals surface area contributed by atoms with E-state index in [1.807, 2.05) is 30.3 Å². The molecule has 0 heterocycles. The Hall–Kier alpha value is -4.08. The standard InChI is InChI=1S/C26H33N3O7/c1-26(2,3)36-25(33)29-21(24(32)28-15-22(30)27-16-23(31)34-4)14-18-10-12-20(13-11-18)35-17-19-8-6-5-7-9-19/h5-13,21H,14-17H2,1-4H3,(H,27,30)(H,28,32)(H,29,33)/t21-/m0/s1. The number of amides is 3. The summed E-state index contributed by atoms with van der Waals surface area (Å²) in [6, 6.07) is 15.9. The van der Waals surface area contributed by atoms with Crippen molar-refractivity contribution < 1.29 is 33.4 Å². The number of esters is 1. The maximum atomic E-state index is 12.8. The molecule has 0 bridgehead atoms. The minimum absolute atomic E-state index is 0.147. The van der Waals surface area contributed by atoms with E-state index in [1.165, 1.54) is 7.11 Å². The van der Waals surface area contributed by atoms with E-state index in [1.54, 1.807) is 45.0 Å². The molecule has 2 rings (SSSR count). The molecule has 0 aliphatic carbocycles. The van der Waals surface area contributed by atoms with Gasteiger partial charge in [-0.3, -0.25) is 14.4 Å². The highest BCUT2D eigenvalue weighted by Crippen LogP contribution is 2.16. The number of hydrogen-bond acceptors (Lipinski definition) is 7. The van der Waals surface area contributed by atoms with E-state index >= 15 is 0 Å². The second kappa shape index (κ2) is 13.7. The third-order valence-electron chi connectivity index (χ3n) is 4.70. The largest absolute Gasteiger partial charge is 0.489 e. The topological polar surface area (TPSA) is 132 Å². The van der Waals surface area contributed by atoms with E-state index < -0.39 is 35.5 Å². The monoisotopic (exact) mass is 499 g/mol. The highest BCUT2D eigenvalue weighted by atomic mass is 16.6. The fourth-order valence-electron chi connectivity index (χ4n) is 2.95. The molecule has 0 spiro atoms. The summed E-state index contributed by atoms with van der Waals surface area (Å²) < 4.78 is 15.5. The van der Waals surface area contributed by atoms with E-state index in [4.69, 9.17) is 9.47 Å². The van der Waals surface area contributed by atoms with Crippen LogP contribution in [0, 0.1) is 0 Å². The van der Waals surface area contributed by atoms with Crippen LogP contribution in [0.25, 0.3) is 0 Å². The molecule has 0 unspecified atom stereocenters. The molecule has 36 heavy (non-hydrogen) atoms. The SMILES string of the molecule is COC(=O)CNC(=O)CNC(=O)[C@H](Cc1ccc(OCc2ccccc2)cc1)NC(=O)OC(C)(C)C. The second-order valence-electron chi connectivity index (χ2n) is 8.89. The van der Waals surface area contributed by atoms with E-state index in [9.17, 15) is 19.2 Å². The smallest absolute Gasteiger partial charge is 0.408 e. The summed E-state index contributed by atoms with van der Waals surface area (Å²) >= 11 is 0.